The van der Waals surface area contributed by atoms with Crippen molar-refractivity contribution in [1.82, 2.24) is 0 Å². The first-order valence-corrected chi connectivity index (χ1v) is 10.3. The van der Waals surface area contributed by atoms with E-state index in [2.05, 4.69) is 6.07 Å². The molecule has 0 N–H and O–H groups in total. The summed E-state index contributed by atoms with van der Waals surface area (Å²) < 4.78 is 25.5. The molecule has 3 heteroatoms. The van der Waals surface area contributed by atoms with Gasteiger partial charge in [-0.3, -0.25) is 0 Å². The third-order valence-electron chi connectivity index (χ3n) is 5.93. The molecule has 0 aliphatic rings. The lowest BCUT2D eigenvalue weighted by Gasteiger charge is -2.08. The molecule has 0 bridgehead atoms. The van der Waals surface area contributed by atoms with Crippen molar-refractivity contribution in [1.29, 1.82) is 5.26 Å². The highest BCUT2D eigenvalue weighted by atomic mass is 16.3. The maximum atomic E-state index is 9.97. The molecule has 0 spiro atoms. The monoisotopic (exact) mass is 405 g/mol. The van der Waals surface area contributed by atoms with Crippen molar-refractivity contribution in [2.24, 2.45) is 7.05 Å². The maximum Gasteiger partial charge on any atom is 0.216 e. The minimum Gasteiger partial charge on any atom is -0.455 e. The number of pyridine rings is 1. The van der Waals surface area contributed by atoms with Gasteiger partial charge in [0.25, 0.3) is 0 Å². The zero-order chi connectivity index (χ0) is 23.4. The maximum absolute atomic E-state index is 9.97. The smallest absolute Gasteiger partial charge is 0.216 e. The third kappa shape index (κ3) is 3.00. The molecule has 0 fully saturated rings. The molecule has 0 saturated carbocycles. The number of benzene rings is 3. The molecular weight excluding hydrogens is 380 g/mol. The molecule has 5 rings (SSSR count). The van der Waals surface area contributed by atoms with Crippen molar-refractivity contribution in [3.05, 3.63) is 89.1 Å². The summed E-state index contributed by atoms with van der Waals surface area (Å²) in [6.07, 6.45) is 0. The molecule has 0 amide bonds. The Bertz CT molecular complexity index is 1600. The molecule has 31 heavy (non-hydrogen) atoms. The van der Waals surface area contributed by atoms with E-state index >= 15 is 0 Å². The average molecular weight is 406 g/mol. The molecular formula is C28H23N2O+. The first-order valence-electron chi connectivity index (χ1n) is 11.3. The van der Waals surface area contributed by atoms with E-state index in [0.717, 1.165) is 38.7 Å². The van der Waals surface area contributed by atoms with E-state index in [0.29, 0.717) is 40.1 Å². The molecule has 0 aliphatic heterocycles. The third-order valence-corrected chi connectivity index (χ3v) is 5.93. The minimum absolute atomic E-state index is 0.314. The second kappa shape index (κ2) is 7.11. The number of nitrogens with zero attached hydrogens (tertiary/aromatic N) is 2. The number of nitriles is 1. The standard InChI is InChI=1S/C28H23N2O/c1-17-12-19(3)30(4)24(13-17)26-18(2)10-11-23-27-22(16-29)14-21(15-25(27)31-28(23)26)20-8-6-5-7-9-20/h5-15H,1-4H3/q+1/i12D,13D. The van der Waals surface area contributed by atoms with Gasteiger partial charge in [0.2, 0.25) is 5.69 Å². The van der Waals surface area contributed by atoms with Gasteiger partial charge in [-0.15, -0.1) is 0 Å². The second-order valence-electron chi connectivity index (χ2n) is 7.98. The fourth-order valence-electron chi connectivity index (χ4n) is 4.29. The SMILES string of the molecule is [2H]c1c(C)c([2H])c(-c2c(C)ccc3c2oc2cc(-c4ccccc4)cc(C#N)c23)[n+](C)c1C. The van der Waals surface area contributed by atoms with Crippen LogP contribution in [0.3, 0.4) is 0 Å². The van der Waals surface area contributed by atoms with Crippen molar-refractivity contribution in [3.8, 4) is 28.5 Å². The normalized spacial score (nSPS) is 12.1. The van der Waals surface area contributed by atoms with Crippen LogP contribution in [0.2, 0.25) is 0 Å². The summed E-state index contributed by atoms with van der Waals surface area (Å²) in [4.78, 5) is 0. The quantitative estimate of drug-likeness (QED) is 0.313. The van der Waals surface area contributed by atoms with E-state index in [1.165, 1.54) is 0 Å². The Hall–Kier alpha value is -3.90. The Morgan fingerprint density at radius 3 is 2.48 bits per heavy atom. The number of aromatic nitrogens is 1. The van der Waals surface area contributed by atoms with Crippen LogP contribution in [0.15, 0.2) is 71.1 Å². The zero-order valence-corrected chi connectivity index (χ0v) is 18.0. The lowest BCUT2D eigenvalue weighted by molar-refractivity contribution is -0.666. The molecule has 2 heterocycles. The van der Waals surface area contributed by atoms with Crippen LogP contribution in [0.25, 0.3) is 44.3 Å². The van der Waals surface area contributed by atoms with Crippen LogP contribution in [0.4, 0.5) is 0 Å². The minimum atomic E-state index is 0.314. The van der Waals surface area contributed by atoms with Gasteiger partial charge in [0.15, 0.2) is 5.69 Å². The molecule has 5 aromatic rings. The predicted octanol–water partition coefficient (Wildman–Crippen LogP) is 6.54. The number of furan rings is 1. The van der Waals surface area contributed by atoms with Crippen LogP contribution in [0.1, 0.15) is 25.1 Å². The summed E-state index contributed by atoms with van der Waals surface area (Å²) in [5, 5.41) is 11.6. The number of hydrogen-bond donors (Lipinski definition) is 0. The Kier molecular flexibility index (Phi) is 3.86. The van der Waals surface area contributed by atoms with E-state index in [9.17, 15) is 5.26 Å². The van der Waals surface area contributed by atoms with E-state index < -0.39 is 0 Å². The number of aryl methyl sites for hydroxylation is 1. The fraction of sp³-hybridized carbons (Fsp3) is 0.143. The summed E-state index contributed by atoms with van der Waals surface area (Å²) in [7, 11) is 1.88. The van der Waals surface area contributed by atoms with Crippen molar-refractivity contribution in [3.63, 3.8) is 0 Å². The van der Waals surface area contributed by atoms with Crippen molar-refractivity contribution in [2.75, 3.05) is 0 Å². The molecule has 3 aromatic carbocycles. The Labute approximate surface area is 184 Å². The van der Waals surface area contributed by atoms with Gasteiger partial charge < -0.3 is 4.42 Å². The fourth-order valence-corrected chi connectivity index (χ4v) is 4.29. The zero-order valence-electron chi connectivity index (χ0n) is 20.0. The van der Waals surface area contributed by atoms with Crippen LogP contribution >= 0.6 is 0 Å². The van der Waals surface area contributed by atoms with Crippen LogP contribution in [-0.4, -0.2) is 0 Å². The van der Waals surface area contributed by atoms with E-state index in [1.807, 2.05) is 87.0 Å². The summed E-state index contributed by atoms with van der Waals surface area (Å²) in [5.41, 5.74) is 7.75. The summed E-state index contributed by atoms with van der Waals surface area (Å²) in [6, 6.07) is 20.9. The van der Waals surface area contributed by atoms with Crippen molar-refractivity contribution in [2.45, 2.75) is 20.8 Å². The van der Waals surface area contributed by atoms with Crippen molar-refractivity contribution < 1.29 is 11.7 Å². The van der Waals surface area contributed by atoms with Crippen molar-refractivity contribution >= 4 is 21.9 Å². The second-order valence-corrected chi connectivity index (χ2v) is 7.98. The van der Waals surface area contributed by atoms with Gasteiger partial charge in [0.1, 0.15) is 18.2 Å². The van der Waals surface area contributed by atoms with Crippen LogP contribution in [0.5, 0.6) is 0 Å². The Morgan fingerprint density at radius 1 is 0.968 bits per heavy atom. The van der Waals surface area contributed by atoms with Crippen LogP contribution < -0.4 is 4.57 Å². The molecule has 150 valence electrons. The molecule has 3 nitrogen and oxygen atoms in total. The van der Waals surface area contributed by atoms with Gasteiger partial charge in [0, 0.05) is 29.8 Å². The van der Waals surface area contributed by atoms with Gasteiger partial charge in [-0.05, 0) is 48.2 Å². The first-order chi connectivity index (χ1) is 15.8. The van der Waals surface area contributed by atoms with Crippen LogP contribution in [0, 0.1) is 32.1 Å². The first kappa shape index (κ1) is 16.8. The van der Waals surface area contributed by atoms with E-state index in [1.54, 1.807) is 0 Å². The summed E-state index contributed by atoms with van der Waals surface area (Å²) >= 11 is 0. The van der Waals surface area contributed by atoms with Gasteiger partial charge in [-0.1, -0.05) is 42.5 Å². The molecule has 2 aromatic heterocycles. The summed E-state index contributed by atoms with van der Waals surface area (Å²) in [6.45, 7) is 5.71. The summed E-state index contributed by atoms with van der Waals surface area (Å²) in [5.74, 6) is 0. The topological polar surface area (TPSA) is 40.8 Å². The van der Waals surface area contributed by atoms with E-state index in [4.69, 9.17) is 7.16 Å². The number of fused-ring (bicyclic) bond motifs is 3. The molecule has 0 aliphatic carbocycles. The highest BCUT2D eigenvalue weighted by Gasteiger charge is 2.23. The molecule has 0 radical (unpaired) electrons. The number of rotatable bonds is 2. The predicted molar refractivity (Wildman–Crippen MR) is 125 cm³/mol. The largest absolute Gasteiger partial charge is 0.455 e. The Morgan fingerprint density at radius 2 is 1.74 bits per heavy atom. The lowest BCUT2D eigenvalue weighted by atomic mass is 9.96. The van der Waals surface area contributed by atoms with E-state index in [-0.39, 0.29) is 0 Å². The van der Waals surface area contributed by atoms with Gasteiger partial charge in [-0.25, -0.2) is 0 Å². The van der Waals surface area contributed by atoms with Gasteiger partial charge >= 0.3 is 0 Å². The molecule has 0 saturated heterocycles. The molecule has 0 atom stereocenters. The average Bonchev–Trinajstić information content (AvgIpc) is 3.21. The van der Waals surface area contributed by atoms with Crippen LogP contribution in [-0.2, 0) is 7.05 Å². The highest BCUT2D eigenvalue weighted by Crippen LogP contribution is 2.40. The molecule has 0 unspecified atom stereocenters. The number of hydrogen-bond acceptors (Lipinski definition) is 2. The van der Waals surface area contributed by atoms with Gasteiger partial charge in [0.05, 0.1) is 19.9 Å². The Balaban J connectivity index is 1.91. The lowest BCUT2D eigenvalue weighted by Crippen LogP contribution is -2.35. The van der Waals surface area contributed by atoms with Gasteiger partial charge in [-0.2, -0.15) is 9.83 Å². The highest BCUT2D eigenvalue weighted by molar-refractivity contribution is 6.12.